The average molecular weight is 306 g/mol. The first-order chi connectivity index (χ1) is 8.86. The lowest BCUT2D eigenvalue weighted by atomic mass is 10.2. The number of nitrogens with one attached hydrogen (secondary N) is 1. The highest BCUT2D eigenvalue weighted by molar-refractivity contribution is 7.98. The topological polar surface area (TPSA) is 112 Å². The number of aromatic nitrogens is 2. The smallest absolute Gasteiger partial charge is 0.328 e. The SMILES string of the molecule is CSc1ncc(Cl)c(C(=O)NC(C(=O)O)C(C)O)n1. The molecule has 0 fully saturated rings. The van der Waals surface area contributed by atoms with Gasteiger partial charge in [0.1, 0.15) is 0 Å². The molecule has 2 unspecified atom stereocenters. The normalized spacial score (nSPS) is 13.7. The number of thioether (sulfide) groups is 1. The van der Waals surface area contributed by atoms with Gasteiger partial charge in [0.2, 0.25) is 0 Å². The van der Waals surface area contributed by atoms with Crippen molar-refractivity contribution in [2.75, 3.05) is 6.26 Å². The van der Waals surface area contributed by atoms with Crippen LogP contribution >= 0.6 is 23.4 Å². The van der Waals surface area contributed by atoms with Gasteiger partial charge in [-0.05, 0) is 13.2 Å². The maximum absolute atomic E-state index is 11.9. The highest BCUT2D eigenvalue weighted by Crippen LogP contribution is 2.16. The number of carboxylic acids is 1. The minimum atomic E-state index is -1.43. The molecule has 7 nitrogen and oxygen atoms in total. The van der Waals surface area contributed by atoms with Crippen LogP contribution in [-0.4, -0.2) is 50.5 Å². The number of carbonyl (C=O) groups is 2. The zero-order valence-electron chi connectivity index (χ0n) is 10.1. The van der Waals surface area contributed by atoms with Gasteiger partial charge in [-0.2, -0.15) is 0 Å². The van der Waals surface area contributed by atoms with Crippen molar-refractivity contribution in [3.8, 4) is 0 Å². The van der Waals surface area contributed by atoms with Crippen molar-refractivity contribution in [2.24, 2.45) is 0 Å². The van der Waals surface area contributed by atoms with E-state index in [4.69, 9.17) is 16.7 Å². The lowest BCUT2D eigenvalue weighted by molar-refractivity contribution is -0.141. The van der Waals surface area contributed by atoms with Gasteiger partial charge in [-0.1, -0.05) is 23.4 Å². The summed E-state index contributed by atoms with van der Waals surface area (Å²) in [5, 5.41) is 20.6. The molecule has 3 N–H and O–H groups in total. The van der Waals surface area contributed by atoms with Crippen LogP contribution in [0.3, 0.4) is 0 Å². The molecule has 0 saturated heterocycles. The summed E-state index contributed by atoms with van der Waals surface area (Å²) < 4.78 is 0. The summed E-state index contributed by atoms with van der Waals surface area (Å²) in [4.78, 5) is 30.5. The minimum absolute atomic E-state index is 0.00466. The molecule has 0 aliphatic heterocycles. The summed E-state index contributed by atoms with van der Waals surface area (Å²) in [5.74, 6) is -2.13. The molecule has 1 aromatic rings. The summed E-state index contributed by atoms with van der Waals surface area (Å²) in [6, 6.07) is -1.43. The Kier molecular flexibility index (Phi) is 5.52. The average Bonchev–Trinajstić information content (AvgIpc) is 2.35. The third-order valence-corrected chi connectivity index (χ3v) is 2.99. The van der Waals surface area contributed by atoms with Gasteiger partial charge in [-0.3, -0.25) is 4.79 Å². The van der Waals surface area contributed by atoms with E-state index >= 15 is 0 Å². The lowest BCUT2D eigenvalue weighted by Crippen LogP contribution is -2.47. The van der Waals surface area contributed by atoms with Crippen LogP contribution in [0.15, 0.2) is 11.4 Å². The van der Waals surface area contributed by atoms with E-state index in [0.717, 1.165) is 0 Å². The van der Waals surface area contributed by atoms with Gasteiger partial charge >= 0.3 is 5.97 Å². The molecule has 0 aliphatic carbocycles. The molecule has 0 saturated carbocycles. The molecule has 104 valence electrons. The van der Waals surface area contributed by atoms with Gasteiger partial charge in [-0.15, -0.1) is 0 Å². The van der Waals surface area contributed by atoms with Gasteiger partial charge in [-0.25, -0.2) is 14.8 Å². The Bertz CT molecular complexity index is 498. The van der Waals surface area contributed by atoms with Crippen molar-refractivity contribution in [1.82, 2.24) is 15.3 Å². The second-order valence-corrected chi connectivity index (χ2v) is 4.76. The first-order valence-corrected chi connectivity index (χ1v) is 6.75. The van der Waals surface area contributed by atoms with E-state index in [-0.39, 0.29) is 10.7 Å². The molecule has 1 amide bonds. The summed E-state index contributed by atoms with van der Waals surface area (Å²) in [5.41, 5.74) is -0.132. The Morgan fingerprint density at radius 1 is 1.53 bits per heavy atom. The summed E-state index contributed by atoms with van der Waals surface area (Å²) in [7, 11) is 0. The van der Waals surface area contributed by atoms with Gasteiger partial charge < -0.3 is 15.5 Å². The molecule has 1 aromatic heterocycles. The summed E-state index contributed by atoms with van der Waals surface area (Å²) >= 11 is 7.00. The largest absolute Gasteiger partial charge is 0.480 e. The predicted molar refractivity (Wildman–Crippen MR) is 69.4 cm³/mol. The van der Waals surface area contributed by atoms with Crippen LogP contribution in [0, 0.1) is 0 Å². The number of nitrogens with zero attached hydrogens (tertiary/aromatic N) is 2. The monoisotopic (exact) mass is 305 g/mol. The number of aliphatic carboxylic acids is 1. The van der Waals surface area contributed by atoms with Crippen molar-refractivity contribution in [1.29, 1.82) is 0 Å². The van der Waals surface area contributed by atoms with E-state index in [1.807, 2.05) is 0 Å². The van der Waals surface area contributed by atoms with E-state index in [2.05, 4.69) is 15.3 Å². The van der Waals surface area contributed by atoms with Gasteiger partial charge in [0.25, 0.3) is 5.91 Å². The highest BCUT2D eigenvalue weighted by Gasteiger charge is 2.27. The van der Waals surface area contributed by atoms with E-state index in [0.29, 0.717) is 5.16 Å². The van der Waals surface area contributed by atoms with Crippen LogP contribution in [0.2, 0.25) is 5.02 Å². The van der Waals surface area contributed by atoms with E-state index in [1.165, 1.54) is 24.9 Å². The van der Waals surface area contributed by atoms with Crippen molar-refractivity contribution >= 4 is 35.2 Å². The molecular formula is C10H12ClN3O4S. The van der Waals surface area contributed by atoms with E-state index in [1.54, 1.807) is 6.26 Å². The third-order valence-electron chi connectivity index (χ3n) is 2.15. The second kappa shape index (κ2) is 6.69. The zero-order chi connectivity index (χ0) is 14.6. The van der Waals surface area contributed by atoms with Gasteiger partial charge in [0.05, 0.1) is 17.3 Å². The number of amides is 1. The Hall–Kier alpha value is -1.38. The molecule has 1 heterocycles. The molecule has 0 bridgehead atoms. The maximum Gasteiger partial charge on any atom is 0.328 e. The number of carboxylic acid groups (broad SMARTS) is 1. The summed E-state index contributed by atoms with van der Waals surface area (Å²) in [6.45, 7) is 1.26. The van der Waals surface area contributed by atoms with Crippen LogP contribution in [0.25, 0.3) is 0 Å². The van der Waals surface area contributed by atoms with E-state index < -0.39 is 24.0 Å². The quantitative estimate of drug-likeness (QED) is 0.533. The zero-order valence-corrected chi connectivity index (χ0v) is 11.7. The van der Waals surface area contributed by atoms with Crippen molar-refractivity contribution in [3.05, 3.63) is 16.9 Å². The number of hydrogen-bond donors (Lipinski definition) is 3. The van der Waals surface area contributed by atoms with Crippen LogP contribution < -0.4 is 5.32 Å². The predicted octanol–water partition coefficient (Wildman–Crippen LogP) is 0.416. The molecule has 1 rings (SSSR count). The lowest BCUT2D eigenvalue weighted by Gasteiger charge is -2.17. The fourth-order valence-electron chi connectivity index (χ4n) is 1.21. The molecule has 9 heteroatoms. The Morgan fingerprint density at radius 3 is 2.63 bits per heavy atom. The first kappa shape index (κ1) is 15.7. The number of rotatable bonds is 5. The first-order valence-electron chi connectivity index (χ1n) is 5.15. The summed E-state index contributed by atoms with van der Waals surface area (Å²) in [6.07, 6.45) is 1.73. The molecular weight excluding hydrogens is 294 g/mol. The third kappa shape index (κ3) is 4.05. The van der Waals surface area contributed by atoms with Crippen LogP contribution in [0.1, 0.15) is 17.4 Å². The number of halogens is 1. The number of aliphatic hydroxyl groups is 1. The Balaban J connectivity index is 2.97. The standard InChI is InChI=1S/C10H12ClN3O4S/c1-4(15)6(9(17)18)13-8(16)7-5(11)3-12-10(14-7)19-2/h3-4,6,15H,1-2H3,(H,13,16)(H,17,18). The molecule has 0 aliphatic rings. The molecule has 0 aromatic carbocycles. The fraction of sp³-hybridized carbons (Fsp3) is 0.400. The van der Waals surface area contributed by atoms with Crippen molar-refractivity contribution < 1.29 is 19.8 Å². The number of aliphatic hydroxyl groups excluding tert-OH is 1. The van der Waals surface area contributed by atoms with Crippen LogP contribution in [0.4, 0.5) is 0 Å². The van der Waals surface area contributed by atoms with Crippen molar-refractivity contribution in [3.63, 3.8) is 0 Å². The highest BCUT2D eigenvalue weighted by atomic mass is 35.5. The molecule has 0 spiro atoms. The van der Waals surface area contributed by atoms with Crippen LogP contribution in [0.5, 0.6) is 0 Å². The van der Waals surface area contributed by atoms with Gasteiger partial charge in [0, 0.05) is 0 Å². The maximum atomic E-state index is 11.9. The van der Waals surface area contributed by atoms with Gasteiger partial charge in [0.15, 0.2) is 16.9 Å². The van der Waals surface area contributed by atoms with Crippen LogP contribution in [-0.2, 0) is 4.79 Å². The number of carbonyl (C=O) groups excluding carboxylic acids is 1. The second-order valence-electron chi connectivity index (χ2n) is 3.58. The molecule has 19 heavy (non-hydrogen) atoms. The molecule has 2 atom stereocenters. The Morgan fingerprint density at radius 2 is 2.16 bits per heavy atom. The Labute approximate surface area is 118 Å². The number of hydrogen-bond acceptors (Lipinski definition) is 6. The minimum Gasteiger partial charge on any atom is -0.480 e. The molecule has 0 radical (unpaired) electrons. The van der Waals surface area contributed by atoms with Crippen molar-refractivity contribution in [2.45, 2.75) is 24.2 Å². The fourth-order valence-corrected chi connectivity index (χ4v) is 1.72. The van der Waals surface area contributed by atoms with E-state index in [9.17, 15) is 14.7 Å².